The third-order valence-corrected chi connectivity index (χ3v) is 3.32. The van der Waals surface area contributed by atoms with E-state index in [4.69, 9.17) is 0 Å². The minimum absolute atomic E-state index is 0.130. The average molecular weight is 297 g/mol. The van der Waals surface area contributed by atoms with Crippen LogP contribution in [0.1, 0.15) is 22.6 Å². The molecule has 3 aromatic rings. The molecule has 0 radical (unpaired) electrons. The summed E-state index contributed by atoms with van der Waals surface area (Å²) in [5.74, 6) is 0.461. The molecule has 0 atom stereocenters. The number of carbonyl (C=O) groups is 1. The number of H-pyrrole nitrogens is 2. The number of nitrogens with zero attached hydrogens (tertiary/aromatic N) is 2. The number of fused-ring (bicyclic) bond motifs is 1. The molecule has 0 saturated carbocycles. The van der Waals surface area contributed by atoms with Gasteiger partial charge < -0.3 is 5.32 Å². The number of carbonyl (C=O) groups excluding carboxylic acids is 1. The summed E-state index contributed by atoms with van der Waals surface area (Å²) in [6.45, 7) is 0.504. The molecule has 3 N–H and O–H groups in total. The first-order valence-electron chi connectivity index (χ1n) is 6.99. The number of benzene rings is 1. The van der Waals surface area contributed by atoms with Gasteiger partial charge in [0.25, 0.3) is 5.91 Å². The number of hydrogen-bond donors (Lipinski definition) is 3. The van der Waals surface area contributed by atoms with Crippen LogP contribution in [0.3, 0.4) is 0 Å². The maximum Gasteiger partial charge on any atom is 0.340 e. The topological polar surface area (TPSA) is 104 Å². The number of rotatable bonds is 5. The summed E-state index contributed by atoms with van der Waals surface area (Å²) < 4.78 is 0. The van der Waals surface area contributed by atoms with Crippen molar-refractivity contribution in [2.75, 3.05) is 6.54 Å². The molecule has 0 spiro atoms. The molecule has 0 bridgehead atoms. The minimum Gasteiger partial charge on any atom is -0.352 e. The highest BCUT2D eigenvalue weighted by atomic mass is 16.2. The normalized spacial score (nSPS) is 10.7. The number of aromatic amines is 2. The van der Waals surface area contributed by atoms with Crippen molar-refractivity contribution in [2.24, 2.45) is 0 Å². The first-order valence-corrected chi connectivity index (χ1v) is 6.99. The molecule has 0 aliphatic carbocycles. The van der Waals surface area contributed by atoms with E-state index < -0.39 is 0 Å². The number of nitrogens with one attached hydrogen (secondary N) is 3. The number of aromatic nitrogens is 4. The molecule has 0 saturated heterocycles. The predicted octanol–water partition coefficient (Wildman–Crippen LogP) is 1.01. The van der Waals surface area contributed by atoms with E-state index in [-0.39, 0.29) is 11.6 Å². The lowest BCUT2D eigenvalue weighted by Gasteiger charge is -2.07. The van der Waals surface area contributed by atoms with Crippen molar-refractivity contribution in [1.29, 1.82) is 0 Å². The number of amides is 1. The van der Waals surface area contributed by atoms with E-state index in [1.165, 1.54) is 0 Å². The Bertz CT molecular complexity index is 847. The zero-order valence-corrected chi connectivity index (χ0v) is 11.8. The summed E-state index contributed by atoms with van der Waals surface area (Å²) in [6.07, 6.45) is 2.99. The van der Waals surface area contributed by atoms with Crippen LogP contribution in [0.2, 0.25) is 0 Å². The van der Waals surface area contributed by atoms with Gasteiger partial charge in [0.2, 0.25) is 0 Å². The lowest BCUT2D eigenvalue weighted by Crippen LogP contribution is -2.25. The fourth-order valence-corrected chi connectivity index (χ4v) is 2.28. The van der Waals surface area contributed by atoms with E-state index in [9.17, 15) is 9.59 Å². The Balaban J connectivity index is 1.60. The lowest BCUT2D eigenvalue weighted by atomic mass is 10.1. The largest absolute Gasteiger partial charge is 0.352 e. The van der Waals surface area contributed by atoms with Crippen molar-refractivity contribution < 1.29 is 4.79 Å². The van der Waals surface area contributed by atoms with Crippen LogP contribution >= 0.6 is 0 Å². The van der Waals surface area contributed by atoms with Gasteiger partial charge in [-0.2, -0.15) is 5.10 Å². The van der Waals surface area contributed by atoms with Crippen molar-refractivity contribution >= 4 is 16.8 Å². The Labute approximate surface area is 125 Å². The van der Waals surface area contributed by atoms with Gasteiger partial charge in [0.1, 0.15) is 5.82 Å². The summed E-state index contributed by atoms with van der Waals surface area (Å²) in [5.41, 5.74) is 1.09. The SMILES string of the molecule is O=C(NCCCc1n[nH]c(=O)[nH]1)c1cccc2ncccc12. The van der Waals surface area contributed by atoms with E-state index in [1.54, 1.807) is 12.3 Å². The summed E-state index contributed by atoms with van der Waals surface area (Å²) in [4.78, 5) is 30.0. The van der Waals surface area contributed by atoms with Crippen LogP contribution in [0, 0.1) is 0 Å². The molecule has 2 aromatic heterocycles. The molecule has 112 valence electrons. The summed E-state index contributed by atoms with van der Waals surface area (Å²) in [6, 6.07) is 9.17. The van der Waals surface area contributed by atoms with E-state index >= 15 is 0 Å². The monoisotopic (exact) mass is 297 g/mol. The molecule has 0 aliphatic heterocycles. The molecule has 1 aromatic carbocycles. The van der Waals surface area contributed by atoms with Gasteiger partial charge in [-0.3, -0.25) is 14.8 Å². The maximum atomic E-state index is 12.3. The van der Waals surface area contributed by atoms with Gasteiger partial charge in [-0.1, -0.05) is 12.1 Å². The Morgan fingerprint density at radius 3 is 2.95 bits per heavy atom. The predicted molar refractivity (Wildman–Crippen MR) is 81.6 cm³/mol. The number of aryl methyl sites for hydroxylation is 1. The molecule has 22 heavy (non-hydrogen) atoms. The maximum absolute atomic E-state index is 12.3. The molecule has 7 nitrogen and oxygen atoms in total. The zero-order chi connectivity index (χ0) is 15.4. The molecular formula is C15H15N5O2. The van der Waals surface area contributed by atoms with Crippen molar-refractivity contribution in [2.45, 2.75) is 12.8 Å². The minimum atomic E-state index is -0.317. The number of hydrogen-bond acceptors (Lipinski definition) is 4. The van der Waals surface area contributed by atoms with Crippen LogP contribution in [0.25, 0.3) is 10.9 Å². The van der Waals surface area contributed by atoms with Gasteiger partial charge in [-0.05, 0) is 24.6 Å². The van der Waals surface area contributed by atoms with Gasteiger partial charge in [0, 0.05) is 30.1 Å². The number of pyridine rings is 1. The smallest absolute Gasteiger partial charge is 0.340 e. The molecule has 1 amide bonds. The Hall–Kier alpha value is -2.96. The van der Waals surface area contributed by atoms with Gasteiger partial charge in [0.05, 0.1) is 5.52 Å². The second-order valence-corrected chi connectivity index (χ2v) is 4.86. The third kappa shape index (κ3) is 3.03. The summed E-state index contributed by atoms with van der Waals surface area (Å²) >= 11 is 0. The average Bonchev–Trinajstić information content (AvgIpc) is 2.96. The second kappa shape index (κ2) is 6.21. The second-order valence-electron chi connectivity index (χ2n) is 4.86. The Kier molecular flexibility index (Phi) is 3.95. The van der Waals surface area contributed by atoms with Gasteiger partial charge in [-0.15, -0.1) is 0 Å². The highest BCUT2D eigenvalue weighted by molar-refractivity contribution is 6.06. The molecule has 3 rings (SSSR count). The summed E-state index contributed by atoms with van der Waals surface area (Å²) in [5, 5.41) is 9.83. The Morgan fingerprint density at radius 1 is 1.23 bits per heavy atom. The summed E-state index contributed by atoms with van der Waals surface area (Å²) in [7, 11) is 0. The molecular weight excluding hydrogens is 282 g/mol. The standard InChI is InChI=1S/C15H15N5O2/c21-14(17-9-3-7-13-18-15(22)20-19-13)11-4-1-6-12-10(11)5-2-8-16-12/h1-2,4-6,8H,3,7,9H2,(H,17,21)(H2,18,19,20,22). The van der Waals surface area contributed by atoms with E-state index in [2.05, 4.69) is 25.5 Å². The highest BCUT2D eigenvalue weighted by Gasteiger charge is 2.09. The van der Waals surface area contributed by atoms with Crippen LogP contribution in [0.4, 0.5) is 0 Å². The van der Waals surface area contributed by atoms with Gasteiger partial charge in [0.15, 0.2) is 0 Å². The molecule has 2 heterocycles. The first-order chi connectivity index (χ1) is 10.7. The highest BCUT2D eigenvalue weighted by Crippen LogP contribution is 2.16. The van der Waals surface area contributed by atoms with E-state index in [0.717, 1.165) is 10.9 Å². The van der Waals surface area contributed by atoms with Crippen LogP contribution in [0.5, 0.6) is 0 Å². The zero-order valence-electron chi connectivity index (χ0n) is 11.8. The van der Waals surface area contributed by atoms with Crippen molar-refractivity contribution in [1.82, 2.24) is 25.5 Å². The van der Waals surface area contributed by atoms with Gasteiger partial charge >= 0.3 is 5.69 Å². The quantitative estimate of drug-likeness (QED) is 0.611. The van der Waals surface area contributed by atoms with Gasteiger partial charge in [-0.25, -0.2) is 9.89 Å². The molecule has 0 aliphatic rings. The third-order valence-electron chi connectivity index (χ3n) is 3.32. The molecule has 0 unspecified atom stereocenters. The molecule has 0 fully saturated rings. The van der Waals surface area contributed by atoms with Crippen molar-refractivity contribution in [3.63, 3.8) is 0 Å². The van der Waals surface area contributed by atoms with Crippen molar-refractivity contribution in [3.8, 4) is 0 Å². The van der Waals surface area contributed by atoms with Crippen molar-refractivity contribution in [3.05, 3.63) is 58.4 Å². The van der Waals surface area contributed by atoms with Crippen LogP contribution < -0.4 is 11.0 Å². The molecule has 7 heteroatoms. The van der Waals surface area contributed by atoms with Crippen LogP contribution in [-0.4, -0.2) is 32.6 Å². The van der Waals surface area contributed by atoms with E-state index in [1.807, 2.05) is 24.3 Å². The lowest BCUT2D eigenvalue weighted by molar-refractivity contribution is 0.0955. The van der Waals surface area contributed by atoms with Crippen LogP contribution in [0.15, 0.2) is 41.3 Å². The Morgan fingerprint density at radius 2 is 2.14 bits per heavy atom. The van der Waals surface area contributed by atoms with E-state index in [0.29, 0.717) is 30.8 Å². The van der Waals surface area contributed by atoms with Crippen LogP contribution in [-0.2, 0) is 6.42 Å². The fourth-order valence-electron chi connectivity index (χ4n) is 2.28. The first kappa shape index (κ1) is 14.0. The fraction of sp³-hybridized carbons (Fsp3) is 0.200.